The van der Waals surface area contributed by atoms with Gasteiger partial charge in [-0.2, -0.15) is 5.10 Å². The van der Waals surface area contributed by atoms with E-state index in [9.17, 15) is 0 Å². The number of nitrogens with zero attached hydrogens (tertiary/aromatic N) is 2. The van der Waals surface area contributed by atoms with Crippen molar-refractivity contribution in [3.63, 3.8) is 0 Å². The summed E-state index contributed by atoms with van der Waals surface area (Å²) in [6, 6.07) is 7.99. The molecule has 170 valence electrons. The highest BCUT2D eigenvalue weighted by Gasteiger charge is 2.40. The van der Waals surface area contributed by atoms with Gasteiger partial charge in [0.05, 0.1) is 32.1 Å². The minimum atomic E-state index is -1.92. The van der Waals surface area contributed by atoms with Gasteiger partial charge in [-0.3, -0.25) is 0 Å². The summed E-state index contributed by atoms with van der Waals surface area (Å²) in [4.78, 5) is 0. The molecule has 5 nitrogen and oxygen atoms in total. The molecule has 0 bridgehead atoms. The van der Waals surface area contributed by atoms with Crippen LogP contribution < -0.4 is 4.74 Å². The van der Waals surface area contributed by atoms with Crippen molar-refractivity contribution < 1.29 is 13.9 Å². The van der Waals surface area contributed by atoms with E-state index in [1.807, 2.05) is 50.3 Å². The van der Waals surface area contributed by atoms with E-state index in [0.717, 1.165) is 17.0 Å². The van der Waals surface area contributed by atoms with Gasteiger partial charge in [-0.05, 0) is 48.8 Å². The molecule has 0 unspecified atom stereocenters. The zero-order valence-corrected chi connectivity index (χ0v) is 21.7. The highest BCUT2D eigenvalue weighted by atomic mass is 28.4. The van der Waals surface area contributed by atoms with Crippen molar-refractivity contribution in [1.82, 2.24) is 5.01 Å². The zero-order chi connectivity index (χ0) is 22.9. The Bertz CT molecular complexity index is 691. The van der Waals surface area contributed by atoms with Crippen molar-refractivity contribution >= 4 is 14.0 Å². The molecular formula is C24H42N2O3Si. The van der Waals surface area contributed by atoms with Gasteiger partial charge in [0.2, 0.25) is 0 Å². The van der Waals surface area contributed by atoms with E-state index in [2.05, 4.69) is 58.0 Å². The smallest absolute Gasteiger partial charge is 0.192 e. The Hall–Kier alpha value is -1.63. The van der Waals surface area contributed by atoms with Gasteiger partial charge in [0.1, 0.15) is 5.75 Å². The molecule has 1 aromatic rings. The van der Waals surface area contributed by atoms with Gasteiger partial charge >= 0.3 is 0 Å². The molecule has 0 radical (unpaired) electrons. The number of rotatable bonds is 11. The fraction of sp³-hybridized carbons (Fsp3) is 0.625. The van der Waals surface area contributed by atoms with Crippen LogP contribution >= 0.6 is 0 Å². The van der Waals surface area contributed by atoms with E-state index >= 15 is 0 Å². The Morgan fingerprint density at radius 3 is 2.27 bits per heavy atom. The highest BCUT2D eigenvalue weighted by molar-refractivity contribution is 6.74. The lowest BCUT2D eigenvalue weighted by Crippen LogP contribution is -2.46. The summed E-state index contributed by atoms with van der Waals surface area (Å²) >= 11 is 0. The lowest BCUT2D eigenvalue weighted by atomic mass is 10.0. The number of hydrazone groups is 1. The molecule has 0 aromatic heterocycles. The number of benzene rings is 1. The molecule has 0 spiro atoms. The topological polar surface area (TPSA) is 43.3 Å². The molecule has 30 heavy (non-hydrogen) atoms. The second-order valence-corrected chi connectivity index (χ2v) is 14.3. The molecule has 0 fully saturated rings. The number of hydrogen-bond acceptors (Lipinski definition) is 5. The summed E-state index contributed by atoms with van der Waals surface area (Å²) in [7, 11) is 3.61. The van der Waals surface area contributed by atoms with Gasteiger partial charge in [0, 0.05) is 20.0 Å². The Kier molecular flexibility index (Phi) is 10.3. The van der Waals surface area contributed by atoms with Crippen LogP contribution in [0.3, 0.4) is 0 Å². The van der Waals surface area contributed by atoms with Gasteiger partial charge in [-0.25, -0.2) is 0 Å². The number of hydrogen-bond donors (Lipinski definition) is 0. The predicted molar refractivity (Wildman–Crippen MR) is 130 cm³/mol. The summed E-state index contributed by atoms with van der Waals surface area (Å²) in [5.41, 5.74) is 2.09. The number of methoxy groups -OCH3 is 1. The summed E-state index contributed by atoms with van der Waals surface area (Å²) in [5, 5.41) is 6.39. The molecule has 0 aliphatic carbocycles. The van der Waals surface area contributed by atoms with Gasteiger partial charge in [0.25, 0.3) is 0 Å². The molecule has 0 heterocycles. The summed E-state index contributed by atoms with van der Waals surface area (Å²) in [5.74, 6) is 1.06. The van der Waals surface area contributed by atoms with E-state index in [-0.39, 0.29) is 17.1 Å². The highest BCUT2D eigenvalue weighted by Crippen LogP contribution is 2.38. The minimum Gasteiger partial charge on any atom is -0.497 e. The summed E-state index contributed by atoms with van der Waals surface area (Å²) in [6.07, 6.45) is 4.24. The monoisotopic (exact) mass is 434 g/mol. The van der Waals surface area contributed by atoms with Crippen LogP contribution in [0.4, 0.5) is 0 Å². The van der Waals surface area contributed by atoms with E-state index in [0.29, 0.717) is 13.2 Å². The van der Waals surface area contributed by atoms with Gasteiger partial charge in [-0.15, -0.1) is 0 Å². The maximum atomic E-state index is 6.74. The van der Waals surface area contributed by atoms with Crippen LogP contribution in [0.1, 0.15) is 40.2 Å². The predicted octanol–water partition coefficient (Wildman–Crippen LogP) is 5.73. The Labute approximate surface area is 185 Å². The SMILES string of the molecule is COc1ccc(COC[C@H](O[Si](C)(C)C(C)(C)C)[C@@H](C)/C=C/C(C)=N/N(C)C)cc1. The lowest BCUT2D eigenvalue weighted by Gasteiger charge is -2.40. The summed E-state index contributed by atoms with van der Waals surface area (Å²) in [6.45, 7) is 16.7. The molecular weight excluding hydrogens is 392 g/mol. The zero-order valence-electron chi connectivity index (χ0n) is 20.7. The van der Waals surface area contributed by atoms with E-state index in [1.54, 1.807) is 7.11 Å². The lowest BCUT2D eigenvalue weighted by molar-refractivity contribution is 0.0183. The van der Waals surface area contributed by atoms with Crippen molar-refractivity contribution in [2.24, 2.45) is 11.0 Å². The molecule has 0 N–H and O–H groups in total. The van der Waals surface area contributed by atoms with Crippen molar-refractivity contribution in [1.29, 1.82) is 0 Å². The van der Waals surface area contributed by atoms with Crippen LogP contribution in [0.25, 0.3) is 0 Å². The quantitative estimate of drug-likeness (QED) is 0.253. The number of ether oxygens (including phenoxy) is 2. The normalized spacial score (nSPS) is 15.3. The maximum Gasteiger partial charge on any atom is 0.192 e. The molecule has 1 rings (SSSR count). The third-order valence-corrected chi connectivity index (χ3v) is 10.1. The van der Waals surface area contributed by atoms with Crippen LogP contribution in [0.5, 0.6) is 5.75 Å². The van der Waals surface area contributed by atoms with Gasteiger partial charge < -0.3 is 18.9 Å². The van der Waals surface area contributed by atoms with E-state index in [4.69, 9.17) is 13.9 Å². The van der Waals surface area contributed by atoms with Crippen molar-refractivity contribution in [3.8, 4) is 5.75 Å². The van der Waals surface area contributed by atoms with Crippen molar-refractivity contribution in [2.45, 2.75) is 65.5 Å². The fourth-order valence-corrected chi connectivity index (χ4v) is 4.02. The first-order valence-corrected chi connectivity index (χ1v) is 13.6. The maximum absolute atomic E-state index is 6.74. The first-order chi connectivity index (χ1) is 13.9. The fourth-order valence-electron chi connectivity index (χ4n) is 2.63. The van der Waals surface area contributed by atoms with Crippen LogP contribution in [0.2, 0.25) is 18.1 Å². The Balaban J connectivity index is 2.86. The molecule has 1 aromatic carbocycles. The molecule has 2 atom stereocenters. The second kappa shape index (κ2) is 11.7. The van der Waals surface area contributed by atoms with Crippen LogP contribution in [-0.4, -0.2) is 53.0 Å². The van der Waals surface area contributed by atoms with E-state index in [1.165, 1.54) is 0 Å². The summed E-state index contributed by atoms with van der Waals surface area (Å²) < 4.78 is 18.1. The molecule has 0 aliphatic rings. The Morgan fingerprint density at radius 2 is 1.77 bits per heavy atom. The second-order valence-electron chi connectivity index (χ2n) is 9.59. The molecule has 6 heteroatoms. The van der Waals surface area contributed by atoms with Crippen LogP contribution in [0, 0.1) is 5.92 Å². The third kappa shape index (κ3) is 9.02. The third-order valence-electron chi connectivity index (χ3n) is 5.55. The molecule has 0 saturated heterocycles. The molecule has 0 aliphatic heterocycles. The van der Waals surface area contributed by atoms with E-state index < -0.39 is 8.32 Å². The first-order valence-electron chi connectivity index (χ1n) is 10.6. The Morgan fingerprint density at radius 1 is 1.17 bits per heavy atom. The molecule has 0 amide bonds. The number of allylic oxidation sites excluding steroid dienone is 1. The average molecular weight is 435 g/mol. The van der Waals surface area contributed by atoms with Crippen LogP contribution in [0.15, 0.2) is 41.5 Å². The van der Waals surface area contributed by atoms with Crippen molar-refractivity contribution in [2.75, 3.05) is 27.8 Å². The van der Waals surface area contributed by atoms with Gasteiger partial charge in [0.15, 0.2) is 8.32 Å². The van der Waals surface area contributed by atoms with Crippen molar-refractivity contribution in [3.05, 3.63) is 42.0 Å². The minimum absolute atomic E-state index is 0.00690. The average Bonchev–Trinajstić information content (AvgIpc) is 2.64. The molecule has 0 saturated carbocycles. The first kappa shape index (κ1) is 26.4. The van der Waals surface area contributed by atoms with Gasteiger partial charge in [-0.1, -0.05) is 45.9 Å². The standard InChI is InChI=1S/C24H42N2O3Si/c1-19(11-12-20(2)25-26(6)7)23(29-30(9,10)24(3,4)5)18-28-17-21-13-15-22(27-8)16-14-21/h11-16,19,23H,17-18H2,1-10H3/b12-11+,25-20+/t19-,23-/m0/s1. The van der Waals surface area contributed by atoms with Crippen LogP contribution in [-0.2, 0) is 15.8 Å². The largest absolute Gasteiger partial charge is 0.497 e.